The van der Waals surface area contributed by atoms with Crippen LogP contribution < -0.4 is 36.4 Å². The van der Waals surface area contributed by atoms with Crippen LogP contribution in [0, 0.1) is 0 Å². The lowest BCUT2D eigenvalue weighted by atomic mass is 9.90. The first-order chi connectivity index (χ1) is 33.1. The first kappa shape index (κ1) is 46.5. The Morgan fingerprint density at radius 3 is 1.60 bits per heavy atom. The lowest BCUT2D eigenvalue weighted by Crippen LogP contribution is -2.52. The van der Waals surface area contributed by atoms with E-state index in [1.807, 2.05) is 72.2 Å². The molecule has 0 saturated carbocycles. The minimum atomic E-state index is -0.237. The van der Waals surface area contributed by atoms with Gasteiger partial charge >= 0.3 is 18.1 Å². The van der Waals surface area contributed by atoms with E-state index >= 15 is 0 Å². The number of piperidine rings is 1. The monoisotopic (exact) mass is 930 g/mol. The molecule has 0 radical (unpaired) electrons. The highest BCUT2D eigenvalue weighted by atomic mass is 16.5. The molecule has 2 aromatic heterocycles. The average Bonchev–Trinajstić information content (AvgIpc) is 3.34. The minimum Gasteiger partial charge on any atom is -0.377 e. The summed E-state index contributed by atoms with van der Waals surface area (Å²) in [6.45, 7) is 15.4. The second kappa shape index (κ2) is 20.7. The summed E-state index contributed by atoms with van der Waals surface area (Å²) in [7, 11) is 0. The average molecular weight is 930 g/mol. The smallest absolute Gasteiger partial charge is 0.319 e. The minimum absolute atomic E-state index is 0.0144. The van der Waals surface area contributed by atoms with E-state index in [9.17, 15) is 19.2 Å². The molecule has 6 aliphatic rings. The molecule has 68 heavy (non-hydrogen) atoms. The van der Waals surface area contributed by atoms with Crippen LogP contribution in [0.2, 0.25) is 0 Å². The zero-order valence-electron chi connectivity index (χ0n) is 39.5. The summed E-state index contributed by atoms with van der Waals surface area (Å²) in [6.07, 6.45) is 4.77. The van der Waals surface area contributed by atoms with Gasteiger partial charge in [-0.1, -0.05) is 0 Å². The normalized spacial score (nSPS) is 22.0. The number of fused-ring (bicyclic) bond motifs is 6. The Balaban J connectivity index is 0.000000170. The highest BCUT2D eigenvalue weighted by Gasteiger charge is 2.40. The van der Waals surface area contributed by atoms with Crippen molar-refractivity contribution >= 4 is 47.0 Å². The summed E-state index contributed by atoms with van der Waals surface area (Å²) in [5.41, 5.74) is 7.40. The molecule has 4 fully saturated rings. The Morgan fingerprint density at radius 1 is 0.632 bits per heavy atom. The van der Waals surface area contributed by atoms with Gasteiger partial charge < -0.3 is 55.7 Å². The van der Waals surface area contributed by atoms with Crippen molar-refractivity contribution < 1.29 is 28.7 Å². The number of urea groups is 3. The van der Waals surface area contributed by atoms with Gasteiger partial charge in [-0.05, 0) is 108 Å². The number of nitrogens with zero attached hydrogens (tertiary/aromatic N) is 8. The third kappa shape index (κ3) is 9.85. The Hall–Kier alpha value is -6.60. The largest absolute Gasteiger partial charge is 0.377 e. The number of carbonyl (C=O) groups excluding carboxylic acids is 4. The number of rotatable bonds is 8. The molecule has 4 aromatic rings. The first-order valence-electron chi connectivity index (χ1n) is 24.2. The second-order valence-corrected chi connectivity index (χ2v) is 18.1. The molecule has 360 valence electrons. The maximum atomic E-state index is 12.6. The van der Waals surface area contributed by atoms with E-state index in [1.54, 1.807) is 0 Å². The SMILES string of the molecule is CCNC(=O)Nc1ccc(-c2nc3c(c(N4CCOC[C@@H]4C)n2)CCN2C(=O)CCCC32)cc1.CCNC(=O)Nc1ccc(-c2nc3c(c(N4CCOC[C@@H]4C)n2)CCN2C(=O)NCCC32)cc1. The molecular weight excluding hydrogens is 867 g/mol. The molecule has 6 aliphatic heterocycles. The van der Waals surface area contributed by atoms with E-state index in [0.717, 1.165) is 91.5 Å². The van der Waals surface area contributed by atoms with Crippen LogP contribution in [-0.2, 0) is 27.1 Å². The van der Waals surface area contributed by atoms with Gasteiger partial charge in [0.1, 0.15) is 11.6 Å². The molecule has 0 bridgehead atoms. The third-order valence-electron chi connectivity index (χ3n) is 13.5. The van der Waals surface area contributed by atoms with Gasteiger partial charge in [0.15, 0.2) is 11.6 Å². The molecular formula is C49H63N13O6. The molecule has 10 rings (SSSR count). The summed E-state index contributed by atoms with van der Waals surface area (Å²) >= 11 is 0. The van der Waals surface area contributed by atoms with Gasteiger partial charge in [0, 0.05) is 85.9 Å². The van der Waals surface area contributed by atoms with Crippen LogP contribution >= 0.6 is 0 Å². The van der Waals surface area contributed by atoms with E-state index in [0.29, 0.717) is 82.1 Å². The highest BCUT2D eigenvalue weighted by molar-refractivity contribution is 5.90. The maximum Gasteiger partial charge on any atom is 0.319 e. The number of benzene rings is 2. The third-order valence-corrected chi connectivity index (χ3v) is 13.5. The molecule has 0 aliphatic carbocycles. The number of nitrogens with one attached hydrogen (secondary N) is 5. The topological polar surface area (TPSA) is 211 Å². The zero-order chi connectivity index (χ0) is 47.3. The van der Waals surface area contributed by atoms with Gasteiger partial charge in [0.05, 0.1) is 62.0 Å². The Labute approximate surface area is 397 Å². The van der Waals surface area contributed by atoms with Crippen LogP contribution in [0.3, 0.4) is 0 Å². The van der Waals surface area contributed by atoms with Crippen molar-refractivity contribution in [3.63, 3.8) is 0 Å². The molecule has 7 amide bonds. The van der Waals surface area contributed by atoms with Gasteiger partial charge in [-0.25, -0.2) is 34.3 Å². The van der Waals surface area contributed by atoms with Gasteiger partial charge in [-0.3, -0.25) is 4.79 Å². The lowest BCUT2D eigenvalue weighted by Gasteiger charge is -2.42. The summed E-state index contributed by atoms with van der Waals surface area (Å²) in [4.78, 5) is 77.5. The van der Waals surface area contributed by atoms with Crippen molar-refractivity contribution in [3.8, 4) is 22.8 Å². The maximum absolute atomic E-state index is 12.6. The van der Waals surface area contributed by atoms with Gasteiger partial charge in [-0.15, -0.1) is 0 Å². The van der Waals surface area contributed by atoms with Crippen LogP contribution in [-0.4, -0.2) is 138 Å². The van der Waals surface area contributed by atoms with E-state index < -0.39 is 0 Å². The molecule has 4 saturated heterocycles. The lowest BCUT2D eigenvalue weighted by molar-refractivity contribution is -0.137. The fourth-order valence-corrected chi connectivity index (χ4v) is 10.1. The number of amides is 7. The van der Waals surface area contributed by atoms with Crippen LogP contribution in [0.1, 0.15) is 88.0 Å². The van der Waals surface area contributed by atoms with Crippen molar-refractivity contribution in [3.05, 3.63) is 71.0 Å². The number of carbonyl (C=O) groups is 4. The van der Waals surface area contributed by atoms with Gasteiger partial charge in [0.2, 0.25) is 5.91 Å². The molecule has 2 unspecified atom stereocenters. The van der Waals surface area contributed by atoms with Crippen molar-refractivity contribution in [1.29, 1.82) is 0 Å². The van der Waals surface area contributed by atoms with Crippen molar-refractivity contribution in [2.24, 2.45) is 0 Å². The fraction of sp³-hybridized carbons (Fsp3) is 0.510. The molecule has 4 atom stereocenters. The number of aromatic nitrogens is 4. The quantitative estimate of drug-likeness (QED) is 0.145. The van der Waals surface area contributed by atoms with Crippen LogP contribution in [0.5, 0.6) is 0 Å². The molecule has 0 spiro atoms. The first-order valence-corrected chi connectivity index (χ1v) is 24.2. The van der Waals surface area contributed by atoms with Crippen LogP contribution in [0.4, 0.5) is 37.4 Å². The van der Waals surface area contributed by atoms with Crippen LogP contribution in [0.15, 0.2) is 48.5 Å². The highest BCUT2D eigenvalue weighted by Crippen LogP contribution is 2.42. The predicted molar refractivity (Wildman–Crippen MR) is 259 cm³/mol. The molecule has 19 heteroatoms. The molecule has 5 N–H and O–H groups in total. The van der Waals surface area contributed by atoms with Crippen molar-refractivity contribution in [1.82, 2.24) is 45.7 Å². The summed E-state index contributed by atoms with van der Waals surface area (Å²) in [6, 6.07) is 15.0. The van der Waals surface area contributed by atoms with E-state index in [4.69, 9.17) is 29.4 Å². The van der Waals surface area contributed by atoms with Gasteiger partial charge in [-0.2, -0.15) is 0 Å². The summed E-state index contributed by atoms with van der Waals surface area (Å²) in [5.74, 6) is 3.43. The second-order valence-electron chi connectivity index (χ2n) is 18.1. The van der Waals surface area contributed by atoms with E-state index in [1.165, 1.54) is 5.56 Å². The Morgan fingerprint density at radius 2 is 1.12 bits per heavy atom. The Kier molecular flexibility index (Phi) is 14.2. The summed E-state index contributed by atoms with van der Waals surface area (Å²) in [5, 5.41) is 14.0. The van der Waals surface area contributed by atoms with Gasteiger partial charge in [0.25, 0.3) is 0 Å². The number of ether oxygens (including phenoxy) is 2. The van der Waals surface area contributed by atoms with Crippen LogP contribution in [0.25, 0.3) is 22.8 Å². The zero-order valence-corrected chi connectivity index (χ0v) is 39.5. The number of morpholine rings is 2. The standard InChI is InChI=1S/C25H32N6O3.C24H31N7O3/c1-3-26-25(33)27-18-9-7-17(8-10-18)23-28-22-19(11-12-31-20(22)5-4-6-21(31)32)24(29-23)30-13-14-34-15-16(30)2;1-3-25-23(32)27-17-6-4-16(5-7-17)21-28-20-18(9-11-31-19(20)8-10-26-24(31)33)22(29-21)30-12-13-34-14-15(30)2/h7-10,16,20H,3-6,11-15H2,1-2H3,(H2,26,27,33);4-7,15,19H,3,8-14H2,1-2H3,(H,26,33)(H2,25,27,32)/t16-,20?;15-,19?/m00/s1. The predicted octanol–water partition coefficient (Wildman–Crippen LogP) is 5.64. The van der Waals surface area contributed by atoms with Crippen molar-refractivity contribution in [2.45, 2.75) is 90.4 Å². The number of anilines is 4. The number of hydrogen-bond acceptors (Lipinski definition) is 12. The fourth-order valence-electron chi connectivity index (χ4n) is 10.1. The number of hydrogen-bond donors (Lipinski definition) is 5. The molecule has 2 aromatic carbocycles. The Bertz CT molecular complexity index is 2320. The summed E-state index contributed by atoms with van der Waals surface area (Å²) < 4.78 is 11.3. The van der Waals surface area contributed by atoms with E-state index in [2.05, 4.69) is 50.2 Å². The molecule has 8 heterocycles. The molecule has 19 nitrogen and oxygen atoms in total. The van der Waals surface area contributed by atoms with E-state index in [-0.39, 0.29) is 48.2 Å². The van der Waals surface area contributed by atoms with Crippen molar-refractivity contribution in [2.75, 3.05) is 92.7 Å².